The van der Waals surface area contributed by atoms with Crippen molar-refractivity contribution in [2.45, 2.75) is 3.79 Å². The van der Waals surface area contributed by atoms with E-state index in [0.717, 1.165) is 10.9 Å². The highest BCUT2D eigenvalue weighted by Crippen LogP contribution is 2.38. The van der Waals surface area contributed by atoms with E-state index in [4.69, 9.17) is 34.8 Å². The number of para-hydroxylation sites is 1. The lowest BCUT2D eigenvalue weighted by Gasteiger charge is -2.06. The Hall–Kier alpha value is -0.370. The molecule has 2 aromatic rings. The highest BCUT2D eigenvalue weighted by atomic mass is 35.6. The topological polar surface area (TPSA) is 15.8 Å². The summed E-state index contributed by atoms with van der Waals surface area (Å²) in [5.41, 5.74) is 1.57. The molecule has 1 aromatic carbocycles. The van der Waals surface area contributed by atoms with Crippen molar-refractivity contribution in [2.24, 2.45) is 0 Å². The molecule has 4 heteroatoms. The van der Waals surface area contributed by atoms with Crippen LogP contribution in [0.5, 0.6) is 0 Å². The zero-order chi connectivity index (χ0) is 9.47. The third-order valence-corrected chi connectivity index (χ3v) is 2.45. The van der Waals surface area contributed by atoms with E-state index in [1.54, 1.807) is 0 Å². The van der Waals surface area contributed by atoms with Gasteiger partial charge in [0, 0.05) is 5.52 Å². The lowest BCUT2D eigenvalue weighted by atomic mass is 10.2. The van der Waals surface area contributed by atoms with E-state index in [1.807, 2.05) is 30.3 Å². The first-order valence-corrected chi connectivity index (χ1v) is 4.86. The van der Waals surface area contributed by atoms with E-state index in [9.17, 15) is 0 Å². The van der Waals surface area contributed by atoms with Gasteiger partial charge in [-0.2, -0.15) is 0 Å². The molecule has 0 fully saturated rings. The molecule has 0 atom stereocenters. The van der Waals surface area contributed by atoms with E-state index >= 15 is 0 Å². The van der Waals surface area contributed by atoms with Gasteiger partial charge in [0.05, 0.1) is 5.69 Å². The Morgan fingerprint density at radius 3 is 2.38 bits per heavy atom. The molecule has 0 amide bonds. The third kappa shape index (κ3) is 1.78. The molecule has 1 heterocycles. The normalized spacial score (nSPS) is 12.2. The van der Waals surface area contributed by atoms with Crippen molar-refractivity contribution in [3.05, 3.63) is 36.0 Å². The second-order valence-electron chi connectivity index (χ2n) is 2.77. The molecule has 0 saturated heterocycles. The van der Waals surface area contributed by atoms with Gasteiger partial charge >= 0.3 is 0 Å². The molecule has 0 bridgehead atoms. The van der Waals surface area contributed by atoms with E-state index < -0.39 is 3.79 Å². The molecule has 0 spiro atoms. The number of aromatic nitrogens is 1. The van der Waals surface area contributed by atoms with Crippen molar-refractivity contribution in [2.75, 3.05) is 0 Å². The van der Waals surface area contributed by atoms with E-state index in [-0.39, 0.29) is 0 Å². The van der Waals surface area contributed by atoms with Gasteiger partial charge in [0.15, 0.2) is 0 Å². The summed E-state index contributed by atoms with van der Waals surface area (Å²) in [5, 5.41) is 1.05. The van der Waals surface area contributed by atoms with Crippen molar-refractivity contribution in [1.82, 2.24) is 4.98 Å². The fraction of sp³-hybridized carbons (Fsp3) is 0.111. The van der Waals surface area contributed by atoms with E-state index in [1.165, 1.54) is 0 Å². The quantitative estimate of drug-likeness (QED) is 0.663. The average Bonchev–Trinajstić information content (AvgIpc) is 2.45. The van der Waals surface area contributed by atoms with Gasteiger partial charge in [-0.25, -0.2) is 0 Å². The van der Waals surface area contributed by atoms with Gasteiger partial charge in [-0.1, -0.05) is 53.0 Å². The van der Waals surface area contributed by atoms with Crippen LogP contribution >= 0.6 is 34.8 Å². The second-order valence-corrected chi connectivity index (χ2v) is 5.05. The summed E-state index contributed by atoms with van der Waals surface area (Å²) in [4.78, 5) is 3.04. The van der Waals surface area contributed by atoms with Crippen LogP contribution in [-0.4, -0.2) is 4.98 Å². The molecule has 68 valence electrons. The van der Waals surface area contributed by atoms with Crippen LogP contribution in [0, 0.1) is 0 Å². The summed E-state index contributed by atoms with van der Waals surface area (Å²) in [6, 6.07) is 9.61. The minimum atomic E-state index is -1.38. The SMILES string of the molecule is ClC(Cl)(Cl)c1cc2ccccc2[nH]1. The van der Waals surface area contributed by atoms with Crippen LogP contribution < -0.4 is 0 Å². The van der Waals surface area contributed by atoms with E-state index in [2.05, 4.69) is 4.98 Å². The molecule has 2 rings (SSSR count). The summed E-state index contributed by atoms with van der Waals surface area (Å²) in [6.45, 7) is 0. The van der Waals surface area contributed by atoms with Gasteiger partial charge < -0.3 is 4.98 Å². The maximum Gasteiger partial charge on any atom is 0.230 e. The Morgan fingerprint density at radius 1 is 1.08 bits per heavy atom. The van der Waals surface area contributed by atoms with Crippen LogP contribution in [0.4, 0.5) is 0 Å². The van der Waals surface area contributed by atoms with Crippen LogP contribution in [-0.2, 0) is 3.79 Å². The number of halogens is 3. The number of rotatable bonds is 0. The number of alkyl halides is 3. The molecule has 1 aromatic heterocycles. The predicted octanol–water partition coefficient (Wildman–Crippen LogP) is 3.99. The van der Waals surface area contributed by atoms with Crippen LogP contribution in [0.3, 0.4) is 0 Å². The molecule has 1 N–H and O–H groups in total. The highest BCUT2D eigenvalue weighted by Gasteiger charge is 2.24. The largest absolute Gasteiger partial charge is 0.355 e. The number of hydrogen-bond donors (Lipinski definition) is 1. The van der Waals surface area contributed by atoms with Crippen molar-refractivity contribution in [3.8, 4) is 0 Å². The smallest absolute Gasteiger partial charge is 0.230 e. The summed E-state index contributed by atoms with van der Waals surface area (Å²) < 4.78 is -1.38. The monoisotopic (exact) mass is 233 g/mol. The summed E-state index contributed by atoms with van der Waals surface area (Å²) in [5.74, 6) is 0. The highest BCUT2D eigenvalue weighted by molar-refractivity contribution is 6.66. The van der Waals surface area contributed by atoms with E-state index in [0.29, 0.717) is 5.69 Å². The second kappa shape index (κ2) is 3.09. The third-order valence-electron chi connectivity index (χ3n) is 1.84. The molecule has 0 radical (unpaired) electrons. The van der Waals surface area contributed by atoms with Crippen LogP contribution in [0.1, 0.15) is 5.69 Å². The van der Waals surface area contributed by atoms with Crippen LogP contribution in [0.15, 0.2) is 30.3 Å². The molecule has 0 saturated carbocycles. The Morgan fingerprint density at radius 2 is 1.77 bits per heavy atom. The molecule has 1 nitrogen and oxygen atoms in total. The standard InChI is InChI=1S/C9H6Cl3N/c10-9(11,12)8-5-6-3-1-2-4-7(6)13-8/h1-5,13H. The van der Waals surface area contributed by atoms with Crippen molar-refractivity contribution >= 4 is 45.7 Å². The van der Waals surface area contributed by atoms with Crippen molar-refractivity contribution in [1.29, 1.82) is 0 Å². The Balaban J connectivity index is 2.63. The first-order valence-electron chi connectivity index (χ1n) is 3.72. The van der Waals surface area contributed by atoms with Gasteiger partial charge in [0.25, 0.3) is 0 Å². The summed E-state index contributed by atoms with van der Waals surface area (Å²) >= 11 is 17.2. The molecule has 0 unspecified atom stereocenters. The zero-order valence-corrected chi connectivity index (χ0v) is 8.79. The Bertz CT molecular complexity index is 395. The van der Waals surface area contributed by atoms with Crippen molar-refractivity contribution < 1.29 is 0 Å². The number of aromatic amines is 1. The van der Waals surface area contributed by atoms with Gasteiger partial charge in [-0.15, -0.1) is 0 Å². The molecule has 0 aliphatic carbocycles. The molecular weight excluding hydrogens is 228 g/mol. The van der Waals surface area contributed by atoms with Gasteiger partial charge in [-0.3, -0.25) is 0 Å². The number of fused-ring (bicyclic) bond motifs is 1. The molecule has 0 aliphatic rings. The Kier molecular flexibility index (Phi) is 2.18. The first kappa shape index (κ1) is 9.20. The molecular formula is C9H6Cl3N. The Labute approximate surface area is 90.6 Å². The van der Waals surface area contributed by atoms with Gasteiger partial charge in [0.2, 0.25) is 3.79 Å². The molecule has 13 heavy (non-hydrogen) atoms. The molecule has 0 aliphatic heterocycles. The van der Waals surface area contributed by atoms with Crippen molar-refractivity contribution in [3.63, 3.8) is 0 Å². The lowest BCUT2D eigenvalue weighted by Crippen LogP contribution is -1.99. The summed E-state index contributed by atoms with van der Waals surface area (Å²) in [6.07, 6.45) is 0. The lowest BCUT2D eigenvalue weighted by molar-refractivity contribution is 1.14. The number of nitrogens with one attached hydrogen (secondary N) is 1. The minimum Gasteiger partial charge on any atom is -0.355 e. The maximum absolute atomic E-state index is 5.73. The van der Waals surface area contributed by atoms with Gasteiger partial charge in [0.1, 0.15) is 0 Å². The average molecular weight is 235 g/mol. The summed E-state index contributed by atoms with van der Waals surface area (Å²) in [7, 11) is 0. The first-order chi connectivity index (χ1) is 6.07. The fourth-order valence-electron chi connectivity index (χ4n) is 1.23. The minimum absolute atomic E-state index is 0.596. The van der Waals surface area contributed by atoms with Crippen LogP contribution in [0.25, 0.3) is 10.9 Å². The maximum atomic E-state index is 5.73. The van der Waals surface area contributed by atoms with Gasteiger partial charge in [-0.05, 0) is 17.5 Å². The fourth-order valence-corrected chi connectivity index (χ4v) is 1.53. The van der Waals surface area contributed by atoms with Crippen LogP contribution in [0.2, 0.25) is 0 Å². The number of H-pyrrole nitrogens is 1. The number of benzene rings is 1. The zero-order valence-electron chi connectivity index (χ0n) is 6.52. The number of hydrogen-bond acceptors (Lipinski definition) is 0. The predicted molar refractivity (Wildman–Crippen MR) is 57.5 cm³/mol.